The topological polar surface area (TPSA) is 58.2 Å². The van der Waals surface area contributed by atoms with Gasteiger partial charge >= 0.3 is 0 Å². The Morgan fingerprint density at radius 2 is 1.53 bits per heavy atom. The van der Waals surface area contributed by atoms with Crippen LogP contribution < -0.4 is 10.0 Å². The van der Waals surface area contributed by atoms with E-state index >= 15 is 0 Å². The minimum Gasteiger partial charge on any atom is -0.314 e. The van der Waals surface area contributed by atoms with E-state index in [2.05, 4.69) is 17.0 Å². The van der Waals surface area contributed by atoms with E-state index in [1.807, 2.05) is 0 Å². The Kier molecular flexibility index (Phi) is 4.98. The second-order valence-corrected chi connectivity index (χ2v) is 8.31. The molecule has 1 aliphatic rings. The van der Waals surface area contributed by atoms with Crippen LogP contribution in [0.15, 0.2) is 0 Å². The van der Waals surface area contributed by atoms with Crippen molar-refractivity contribution in [1.29, 1.82) is 0 Å². The molecule has 1 aliphatic carbocycles. The van der Waals surface area contributed by atoms with Crippen molar-refractivity contribution >= 4 is 10.0 Å². The van der Waals surface area contributed by atoms with Crippen LogP contribution in [-0.2, 0) is 10.0 Å². The van der Waals surface area contributed by atoms with Crippen LogP contribution in [-0.4, -0.2) is 31.8 Å². The third-order valence-electron chi connectivity index (χ3n) is 3.35. The average molecular weight is 262 g/mol. The van der Waals surface area contributed by atoms with E-state index in [9.17, 15) is 8.42 Å². The lowest BCUT2D eigenvalue weighted by Crippen LogP contribution is -2.47. The molecular weight excluding hydrogens is 236 g/mol. The van der Waals surface area contributed by atoms with Gasteiger partial charge in [-0.2, -0.15) is 0 Å². The van der Waals surface area contributed by atoms with Gasteiger partial charge < -0.3 is 5.32 Å². The van der Waals surface area contributed by atoms with E-state index in [4.69, 9.17) is 0 Å². The van der Waals surface area contributed by atoms with Gasteiger partial charge in [-0.3, -0.25) is 0 Å². The number of nitrogens with one attached hydrogen (secondary N) is 2. The van der Waals surface area contributed by atoms with Crippen LogP contribution in [0.5, 0.6) is 0 Å². The van der Waals surface area contributed by atoms with Crippen molar-refractivity contribution in [2.45, 2.75) is 70.2 Å². The standard InChI is InChI=1S/C12H26N2O2S/c1-5-13-10-6-8-11(9-7-10)14-17(15,16)12(2,3)4/h10-11,13-14H,5-9H2,1-4H3. The SMILES string of the molecule is CCNC1CCC(NS(=O)(=O)C(C)(C)C)CC1. The lowest BCUT2D eigenvalue weighted by molar-refractivity contribution is 0.332. The van der Waals surface area contributed by atoms with E-state index in [-0.39, 0.29) is 6.04 Å². The number of hydrogen-bond acceptors (Lipinski definition) is 3. The van der Waals surface area contributed by atoms with Crippen LogP contribution in [0.1, 0.15) is 53.4 Å². The van der Waals surface area contributed by atoms with Crippen LogP contribution in [0.3, 0.4) is 0 Å². The van der Waals surface area contributed by atoms with Gasteiger partial charge in [0.2, 0.25) is 10.0 Å². The van der Waals surface area contributed by atoms with Crippen LogP contribution in [0.4, 0.5) is 0 Å². The zero-order chi connectivity index (χ0) is 13.1. The van der Waals surface area contributed by atoms with Gasteiger partial charge in [0.15, 0.2) is 0 Å². The summed E-state index contributed by atoms with van der Waals surface area (Å²) in [5.41, 5.74) is 0. The Morgan fingerprint density at radius 1 is 1.06 bits per heavy atom. The van der Waals surface area contributed by atoms with Crippen molar-refractivity contribution in [1.82, 2.24) is 10.0 Å². The molecule has 0 spiro atoms. The monoisotopic (exact) mass is 262 g/mol. The third kappa shape index (κ3) is 4.23. The first kappa shape index (κ1) is 14.9. The van der Waals surface area contributed by atoms with Crippen LogP contribution >= 0.6 is 0 Å². The largest absolute Gasteiger partial charge is 0.314 e. The maximum Gasteiger partial charge on any atom is 0.216 e. The van der Waals surface area contributed by atoms with Crippen LogP contribution in [0.2, 0.25) is 0 Å². The summed E-state index contributed by atoms with van der Waals surface area (Å²) in [7, 11) is -3.20. The maximum absolute atomic E-state index is 12.0. The fraction of sp³-hybridized carbons (Fsp3) is 1.00. The summed E-state index contributed by atoms with van der Waals surface area (Å²) < 4.78 is 26.1. The molecule has 17 heavy (non-hydrogen) atoms. The summed E-state index contributed by atoms with van der Waals surface area (Å²) in [6.45, 7) is 8.30. The zero-order valence-corrected chi connectivity index (χ0v) is 12.2. The molecule has 5 heteroatoms. The van der Waals surface area contributed by atoms with Crippen molar-refractivity contribution in [3.63, 3.8) is 0 Å². The van der Waals surface area contributed by atoms with Gasteiger partial charge in [-0.1, -0.05) is 6.92 Å². The second kappa shape index (κ2) is 5.67. The quantitative estimate of drug-likeness (QED) is 0.809. The third-order valence-corrected chi connectivity index (χ3v) is 5.60. The smallest absolute Gasteiger partial charge is 0.216 e. The Labute approximate surface area is 106 Å². The Morgan fingerprint density at radius 3 is 1.94 bits per heavy atom. The summed E-state index contributed by atoms with van der Waals surface area (Å²) in [5.74, 6) is 0. The first-order valence-electron chi connectivity index (χ1n) is 6.51. The van der Waals surface area contributed by atoms with Crippen molar-refractivity contribution in [2.24, 2.45) is 0 Å². The molecule has 0 bridgehead atoms. The lowest BCUT2D eigenvalue weighted by Gasteiger charge is -2.31. The van der Waals surface area contributed by atoms with E-state index in [1.165, 1.54) is 0 Å². The Balaban J connectivity index is 2.46. The molecule has 1 saturated carbocycles. The molecule has 0 aromatic heterocycles. The molecule has 0 atom stereocenters. The summed E-state index contributed by atoms with van der Waals surface area (Å²) >= 11 is 0. The predicted molar refractivity (Wildman–Crippen MR) is 71.5 cm³/mol. The highest BCUT2D eigenvalue weighted by Gasteiger charge is 2.32. The molecule has 0 radical (unpaired) electrons. The van der Waals surface area contributed by atoms with Crippen molar-refractivity contribution < 1.29 is 8.42 Å². The highest BCUT2D eigenvalue weighted by molar-refractivity contribution is 7.90. The minimum absolute atomic E-state index is 0.120. The molecule has 0 aromatic carbocycles. The van der Waals surface area contributed by atoms with Gasteiger partial charge in [0.05, 0.1) is 4.75 Å². The van der Waals surface area contributed by atoms with Crippen molar-refractivity contribution in [3.8, 4) is 0 Å². The first-order chi connectivity index (χ1) is 7.76. The highest BCUT2D eigenvalue weighted by atomic mass is 32.2. The molecule has 102 valence electrons. The Bertz CT molecular complexity index is 325. The first-order valence-corrected chi connectivity index (χ1v) is 8.00. The lowest BCUT2D eigenvalue weighted by atomic mass is 9.92. The molecule has 4 nitrogen and oxygen atoms in total. The van der Waals surface area contributed by atoms with Gasteiger partial charge in [-0.05, 0) is 53.0 Å². The van der Waals surface area contributed by atoms with Gasteiger partial charge in [0.25, 0.3) is 0 Å². The van der Waals surface area contributed by atoms with E-state index < -0.39 is 14.8 Å². The van der Waals surface area contributed by atoms with Gasteiger partial charge in [0, 0.05) is 12.1 Å². The molecule has 0 heterocycles. The van der Waals surface area contributed by atoms with Crippen molar-refractivity contribution in [3.05, 3.63) is 0 Å². The molecule has 0 aliphatic heterocycles. The summed E-state index contributed by atoms with van der Waals surface area (Å²) in [4.78, 5) is 0. The van der Waals surface area contributed by atoms with E-state index in [0.29, 0.717) is 6.04 Å². The molecule has 0 saturated heterocycles. The fourth-order valence-corrected chi connectivity index (χ4v) is 3.13. The average Bonchev–Trinajstić information content (AvgIpc) is 2.19. The second-order valence-electron chi connectivity index (χ2n) is 5.84. The van der Waals surface area contributed by atoms with Gasteiger partial charge in [-0.25, -0.2) is 13.1 Å². The summed E-state index contributed by atoms with van der Waals surface area (Å²) in [6.07, 6.45) is 4.00. The molecular formula is C12H26N2O2S. The molecule has 2 N–H and O–H groups in total. The van der Waals surface area contributed by atoms with E-state index in [0.717, 1.165) is 32.2 Å². The highest BCUT2D eigenvalue weighted by Crippen LogP contribution is 2.22. The molecule has 0 unspecified atom stereocenters. The molecule has 0 amide bonds. The predicted octanol–water partition coefficient (Wildman–Crippen LogP) is 1.62. The molecule has 0 aromatic rings. The Hall–Kier alpha value is -0.130. The maximum atomic E-state index is 12.0. The van der Waals surface area contributed by atoms with Gasteiger partial charge in [0.1, 0.15) is 0 Å². The summed E-state index contributed by atoms with van der Waals surface area (Å²) in [5, 5.41) is 3.42. The normalized spacial score (nSPS) is 27.1. The zero-order valence-electron chi connectivity index (χ0n) is 11.4. The van der Waals surface area contributed by atoms with Crippen LogP contribution in [0.25, 0.3) is 0 Å². The van der Waals surface area contributed by atoms with Crippen LogP contribution in [0, 0.1) is 0 Å². The number of sulfonamides is 1. The van der Waals surface area contributed by atoms with E-state index in [1.54, 1.807) is 20.8 Å². The summed E-state index contributed by atoms with van der Waals surface area (Å²) in [6, 6.07) is 0.685. The molecule has 1 rings (SSSR count). The fourth-order valence-electron chi connectivity index (χ4n) is 2.10. The number of rotatable bonds is 4. The van der Waals surface area contributed by atoms with Crippen molar-refractivity contribution in [2.75, 3.05) is 6.54 Å². The van der Waals surface area contributed by atoms with Gasteiger partial charge in [-0.15, -0.1) is 0 Å². The molecule has 1 fully saturated rings. The number of hydrogen-bond donors (Lipinski definition) is 2. The minimum atomic E-state index is -3.20.